The van der Waals surface area contributed by atoms with E-state index in [1.165, 1.54) is 6.07 Å². The lowest BCUT2D eigenvalue weighted by Crippen LogP contribution is -2.48. The number of furan rings is 1. The normalized spacial score (nSPS) is 13.0. The molecule has 1 aliphatic rings. The zero-order valence-electron chi connectivity index (χ0n) is 17.4. The number of carboxylic acids is 1. The smallest absolute Gasteiger partial charge is 0.407 e. The molecule has 0 radical (unpaired) electrons. The largest absolute Gasteiger partial charge is 0.481 e. The Balaban J connectivity index is 1.38. The average molecular weight is 469 g/mol. The molecule has 0 saturated carbocycles. The summed E-state index contributed by atoms with van der Waals surface area (Å²) in [6.45, 7) is 0.0419. The molecule has 9 heteroatoms. The number of hydrogen-bond donors (Lipinski definition) is 3. The third-order valence-electron chi connectivity index (χ3n) is 5.40. The van der Waals surface area contributed by atoms with Gasteiger partial charge in [-0.2, -0.15) is 0 Å². The van der Waals surface area contributed by atoms with Crippen molar-refractivity contribution < 1.29 is 28.6 Å². The van der Waals surface area contributed by atoms with E-state index in [0.717, 1.165) is 22.3 Å². The van der Waals surface area contributed by atoms with Gasteiger partial charge in [-0.1, -0.05) is 48.5 Å². The molecular weight excluding hydrogens is 448 g/mol. The fourth-order valence-electron chi connectivity index (χ4n) is 3.91. The Bertz CT molecular complexity index is 1150. The van der Waals surface area contributed by atoms with Gasteiger partial charge in [0, 0.05) is 5.92 Å². The van der Waals surface area contributed by atoms with Crippen LogP contribution in [0.1, 0.15) is 29.2 Å². The fourth-order valence-corrected chi connectivity index (χ4v) is 4.07. The summed E-state index contributed by atoms with van der Waals surface area (Å²) in [5.74, 6) is -1.68. The highest BCUT2D eigenvalue weighted by Crippen LogP contribution is 2.44. The maximum Gasteiger partial charge on any atom is 0.407 e. The van der Waals surface area contributed by atoms with Crippen LogP contribution in [0.2, 0.25) is 5.22 Å². The Hall–Kier alpha value is -3.78. The minimum atomic E-state index is -1.32. The van der Waals surface area contributed by atoms with E-state index in [0.29, 0.717) is 5.76 Å². The first-order valence-corrected chi connectivity index (χ1v) is 10.7. The number of hydrogen-bond acceptors (Lipinski definition) is 5. The number of halogens is 1. The van der Waals surface area contributed by atoms with Crippen molar-refractivity contribution in [3.63, 3.8) is 0 Å². The summed E-state index contributed by atoms with van der Waals surface area (Å²) in [7, 11) is 0. The highest BCUT2D eigenvalue weighted by atomic mass is 35.5. The molecule has 1 unspecified atom stereocenters. The first-order chi connectivity index (χ1) is 15.9. The standard InChI is InChI=1S/C24H21ClN2O6/c25-21-10-9-14(33-21)12-26-23(30)20(11-22(28)29)27-24(31)32-13-19-17-7-3-1-5-15(17)16-6-2-4-8-18(16)19/h1-10,19-20H,11-13H2,(H,26,30)(H,27,31)(H,28,29). The van der Waals surface area contributed by atoms with Gasteiger partial charge in [0.1, 0.15) is 18.4 Å². The third-order valence-corrected chi connectivity index (χ3v) is 5.60. The molecule has 0 aliphatic heterocycles. The lowest BCUT2D eigenvalue weighted by atomic mass is 9.98. The number of amides is 2. The number of alkyl carbamates (subject to hydrolysis) is 1. The molecule has 0 fully saturated rings. The third kappa shape index (κ3) is 5.18. The van der Waals surface area contributed by atoms with Crippen LogP contribution in [0.5, 0.6) is 0 Å². The van der Waals surface area contributed by atoms with Gasteiger partial charge in [0.15, 0.2) is 5.22 Å². The zero-order valence-corrected chi connectivity index (χ0v) is 18.2. The van der Waals surface area contributed by atoms with Crippen LogP contribution in [0.4, 0.5) is 4.79 Å². The summed E-state index contributed by atoms with van der Waals surface area (Å²) in [6.07, 6.45) is -1.48. The molecule has 4 rings (SSSR count). The Morgan fingerprint density at radius 1 is 1.00 bits per heavy atom. The maximum atomic E-state index is 12.5. The molecule has 0 bridgehead atoms. The topological polar surface area (TPSA) is 118 Å². The SMILES string of the molecule is O=C(O)CC(NC(=O)OCC1c2ccccc2-c2ccccc21)C(=O)NCc1ccc(Cl)o1. The quantitative estimate of drug-likeness (QED) is 0.461. The predicted octanol–water partition coefficient (Wildman–Crippen LogP) is 3.93. The molecule has 3 aromatic rings. The van der Waals surface area contributed by atoms with Gasteiger partial charge < -0.3 is 24.9 Å². The molecule has 0 spiro atoms. The van der Waals surface area contributed by atoms with Crippen molar-refractivity contribution >= 4 is 29.6 Å². The van der Waals surface area contributed by atoms with Crippen LogP contribution in [-0.4, -0.2) is 35.7 Å². The Labute approximate surface area is 194 Å². The number of benzene rings is 2. The highest BCUT2D eigenvalue weighted by Gasteiger charge is 2.30. The second-order valence-corrected chi connectivity index (χ2v) is 7.92. The van der Waals surface area contributed by atoms with Gasteiger partial charge in [-0.3, -0.25) is 9.59 Å². The summed E-state index contributed by atoms with van der Waals surface area (Å²) in [5, 5.41) is 14.2. The summed E-state index contributed by atoms with van der Waals surface area (Å²) in [4.78, 5) is 36.1. The monoisotopic (exact) mass is 468 g/mol. The van der Waals surface area contributed by atoms with Crippen LogP contribution in [0.25, 0.3) is 11.1 Å². The van der Waals surface area contributed by atoms with Crippen molar-refractivity contribution in [1.29, 1.82) is 0 Å². The number of carboxylic acid groups (broad SMARTS) is 1. The maximum absolute atomic E-state index is 12.5. The van der Waals surface area contributed by atoms with E-state index in [2.05, 4.69) is 10.6 Å². The van der Waals surface area contributed by atoms with E-state index in [4.69, 9.17) is 25.9 Å². The number of aliphatic carboxylic acids is 1. The van der Waals surface area contributed by atoms with Gasteiger partial charge in [-0.25, -0.2) is 4.79 Å². The lowest BCUT2D eigenvalue weighted by Gasteiger charge is -2.18. The number of carbonyl (C=O) groups is 3. The van der Waals surface area contributed by atoms with Crippen LogP contribution < -0.4 is 10.6 Å². The summed E-state index contributed by atoms with van der Waals surface area (Å²) in [6, 6.07) is 17.6. The zero-order chi connectivity index (χ0) is 23.4. The molecule has 8 nitrogen and oxygen atoms in total. The van der Waals surface area contributed by atoms with Crippen LogP contribution in [0.3, 0.4) is 0 Å². The van der Waals surface area contributed by atoms with Crippen molar-refractivity contribution in [3.8, 4) is 11.1 Å². The summed E-state index contributed by atoms with van der Waals surface area (Å²) in [5.41, 5.74) is 4.26. The minimum absolute atomic E-state index is 0.00591. The molecule has 2 amide bonds. The van der Waals surface area contributed by atoms with E-state index >= 15 is 0 Å². The Kier molecular flexibility index (Phi) is 6.65. The van der Waals surface area contributed by atoms with Gasteiger partial charge in [-0.15, -0.1) is 0 Å². The molecule has 1 heterocycles. The van der Waals surface area contributed by atoms with Gasteiger partial charge in [0.05, 0.1) is 13.0 Å². The van der Waals surface area contributed by atoms with E-state index < -0.39 is 30.4 Å². The van der Waals surface area contributed by atoms with Gasteiger partial charge >= 0.3 is 12.1 Å². The van der Waals surface area contributed by atoms with Crippen LogP contribution in [-0.2, 0) is 20.9 Å². The van der Waals surface area contributed by atoms with Crippen molar-refractivity contribution in [2.45, 2.75) is 24.9 Å². The fraction of sp³-hybridized carbons (Fsp3) is 0.208. The highest BCUT2D eigenvalue weighted by molar-refractivity contribution is 6.28. The molecule has 170 valence electrons. The molecular formula is C24H21ClN2O6. The van der Waals surface area contributed by atoms with E-state index in [9.17, 15) is 14.4 Å². The van der Waals surface area contributed by atoms with Crippen molar-refractivity contribution in [2.75, 3.05) is 6.61 Å². The first-order valence-electron chi connectivity index (χ1n) is 10.3. The van der Waals surface area contributed by atoms with E-state index in [1.807, 2.05) is 48.5 Å². The van der Waals surface area contributed by atoms with E-state index in [1.54, 1.807) is 6.07 Å². The minimum Gasteiger partial charge on any atom is -0.481 e. The molecule has 1 aromatic heterocycles. The Morgan fingerprint density at radius 3 is 2.21 bits per heavy atom. The predicted molar refractivity (Wildman–Crippen MR) is 120 cm³/mol. The second kappa shape index (κ2) is 9.79. The number of carbonyl (C=O) groups excluding carboxylic acids is 2. The van der Waals surface area contributed by atoms with Crippen LogP contribution >= 0.6 is 11.6 Å². The number of nitrogens with one attached hydrogen (secondary N) is 2. The van der Waals surface area contributed by atoms with Gasteiger partial charge in [0.2, 0.25) is 5.91 Å². The number of ether oxygens (including phenoxy) is 1. The molecule has 1 aliphatic carbocycles. The van der Waals surface area contributed by atoms with Crippen molar-refractivity contribution in [2.24, 2.45) is 0 Å². The lowest BCUT2D eigenvalue weighted by molar-refractivity contribution is -0.139. The molecule has 2 aromatic carbocycles. The van der Waals surface area contributed by atoms with Gasteiger partial charge in [0.25, 0.3) is 0 Å². The van der Waals surface area contributed by atoms with E-state index in [-0.39, 0.29) is 24.3 Å². The number of fused-ring (bicyclic) bond motifs is 3. The first kappa shape index (κ1) is 22.4. The van der Waals surface area contributed by atoms with Crippen molar-refractivity contribution in [1.82, 2.24) is 10.6 Å². The molecule has 1 atom stereocenters. The molecule has 3 N–H and O–H groups in total. The summed E-state index contributed by atoms with van der Waals surface area (Å²) < 4.78 is 10.6. The number of rotatable bonds is 8. The summed E-state index contributed by atoms with van der Waals surface area (Å²) >= 11 is 5.70. The average Bonchev–Trinajstić information content (AvgIpc) is 3.36. The van der Waals surface area contributed by atoms with Crippen molar-refractivity contribution in [3.05, 3.63) is 82.8 Å². The van der Waals surface area contributed by atoms with Crippen LogP contribution in [0, 0.1) is 0 Å². The Morgan fingerprint density at radius 2 is 1.64 bits per heavy atom. The van der Waals surface area contributed by atoms with Crippen LogP contribution in [0.15, 0.2) is 65.1 Å². The molecule has 0 saturated heterocycles. The van der Waals surface area contributed by atoms with Gasteiger partial charge in [-0.05, 0) is 46.0 Å². The molecule has 33 heavy (non-hydrogen) atoms. The second-order valence-electron chi connectivity index (χ2n) is 7.54.